The number of anilines is 1. The van der Waals surface area contributed by atoms with Crippen molar-refractivity contribution in [3.8, 4) is 11.4 Å². The van der Waals surface area contributed by atoms with E-state index in [4.69, 9.17) is 4.74 Å². The first kappa shape index (κ1) is 23.0. The molecular weight excluding hydrogens is 454 g/mol. The molecule has 172 valence electrons. The number of hydrogen-bond donors (Lipinski definition) is 1. The molecule has 0 aliphatic carbocycles. The van der Waals surface area contributed by atoms with Gasteiger partial charge in [-0.2, -0.15) is 0 Å². The van der Waals surface area contributed by atoms with Gasteiger partial charge in [0.1, 0.15) is 11.6 Å². The molecule has 0 spiro atoms. The van der Waals surface area contributed by atoms with Crippen molar-refractivity contribution in [2.45, 2.75) is 11.6 Å². The molecule has 0 fully saturated rings. The molecule has 0 saturated heterocycles. The van der Waals surface area contributed by atoms with E-state index in [9.17, 15) is 14.9 Å². The molecule has 10 heteroatoms. The van der Waals surface area contributed by atoms with Crippen molar-refractivity contribution in [2.24, 2.45) is 0 Å². The van der Waals surface area contributed by atoms with Crippen LogP contribution in [-0.2, 0) is 11.2 Å². The highest BCUT2D eigenvalue weighted by Crippen LogP contribution is 2.25. The summed E-state index contributed by atoms with van der Waals surface area (Å²) in [5.74, 6) is 1.32. The number of nitrogens with zero attached hydrogens (tertiary/aromatic N) is 4. The summed E-state index contributed by atoms with van der Waals surface area (Å²) in [5.41, 5.74) is 2.40. The molecule has 3 aromatic carbocycles. The lowest BCUT2D eigenvalue weighted by Gasteiger charge is -2.11. The van der Waals surface area contributed by atoms with Crippen LogP contribution in [0.25, 0.3) is 5.69 Å². The monoisotopic (exact) mass is 475 g/mol. The molecule has 34 heavy (non-hydrogen) atoms. The number of methoxy groups -OCH3 is 1. The summed E-state index contributed by atoms with van der Waals surface area (Å²) in [5, 5.41) is 22.8. The van der Waals surface area contributed by atoms with Gasteiger partial charge < -0.3 is 10.1 Å². The maximum absolute atomic E-state index is 12.5. The molecular formula is C24H21N5O4S. The van der Waals surface area contributed by atoms with Crippen molar-refractivity contribution < 1.29 is 14.5 Å². The average Bonchev–Trinajstić information content (AvgIpc) is 3.26. The average molecular weight is 476 g/mol. The molecule has 0 atom stereocenters. The van der Waals surface area contributed by atoms with Crippen molar-refractivity contribution in [1.82, 2.24) is 14.8 Å². The van der Waals surface area contributed by atoms with E-state index < -0.39 is 4.92 Å². The number of hydrogen-bond acceptors (Lipinski definition) is 7. The molecule has 4 rings (SSSR count). The van der Waals surface area contributed by atoms with E-state index in [-0.39, 0.29) is 17.3 Å². The van der Waals surface area contributed by atoms with Crippen molar-refractivity contribution in [2.75, 3.05) is 18.2 Å². The zero-order chi connectivity index (χ0) is 23.9. The highest BCUT2D eigenvalue weighted by Gasteiger charge is 2.17. The van der Waals surface area contributed by atoms with Gasteiger partial charge in [-0.15, -0.1) is 10.2 Å². The molecule has 0 aliphatic rings. The van der Waals surface area contributed by atoms with Gasteiger partial charge >= 0.3 is 0 Å². The van der Waals surface area contributed by atoms with Crippen LogP contribution in [0, 0.1) is 10.1 Å². The minimum absolute atomic E-state index is 0.0362. The highest BCUT2D eigenvalue weighted by molar-refractivity contribution is 7.99. The summed E-state index contributed by atoms with van der Waals surface area (Å²) in [6.07, 6.45) is 0.579. The number of nitro benzene ring substituents is 1. The van der Waals surface area contributed by atoms with Crippen LogP contribution in [0.5, 0.6) is 5.75 Å². The number of non-ortho nitro benzene ring substituents is 1. The van der Waals surface area contributed by atoms with Crippen molar-refractivity contribution >= 4 is 29.0 Å². The number of rotatable bonds is 9. The predicted octanol–water partition coefficient (Wildman–Crippen LogP) is 4.51. The summed E-state index contributed by atoms with van der Waals surface area (Å²) in [4.78, 5) is 22.8. The summed E-state index contributed by atoms with van der Waals surface area (Å²) < 4.78 is 7.19. The maximum Gasteiger partial charge on any atom is 0.269 e. The molecule has 9 nitrogen and oxygen atoms in total. The first-order chi connectivity index (χ1) is 16.5. The van der Waals surface area contributed by atoms with E-state index >= 15 is 0 Å². The number of ether oxygens (including phenoxy) is 1. The van der Waals surface area contributed by atoms with Crippen LogP contribution >= 0.6 is 11.8 Å². The smallest absolute Gasteiger partial charge is 0.269 e. The van der Waals surface area contributed by atoms with Gasteiger partial charge in [0.2, 0.25) is 5.91 Å². The molecule has 0 radical (unpaired) electrons. The first-order valence-electron chi connectivity index (χ1n) is 10.3. The van der Waals surface area contributed by atoms with E-state index in [1.807, 2.05) is 59.2 Å². The zero-order valence-corrected chi connectivity index (χ0v) is 19.1. The Bertz CT molecular complexity index is 1280. The minimum Gasteiger partial charge on any atom is -0.497 e. The Hall–Kier alpha value is -4.18. The second kappa shape index (κ2) is 10.6. The Morgan fingerprint density at radius 3 is 2.38 bits per heavy atom. The van der Waals surface area contributed by atoms with Crippen LogP contribution in [0.2, 0.25) is 0 Å². The number of aromatic nitrogens is 3. The van der Waals surface area contributed by atoms with Crippen molar-refractivity contribution in [3.05, 3.63) is 100 Å². The van der Waals surface area contributed by atoms with E-state index in [0.717, 1.165) is 22.8 Å². The third-order valence-corrected chi connectivity index (χ3v) is 5.86. The third-order valence-electron chi connectivity index (χ3n) is 4.93. The Kier molecular flexibility index (Phi) is 7.19. The Balaban J connectivity index is 1.52. The van der Waals surface area contributed by atoms with E-state index in [1.54, 1.807) is 7.11 Å². The summed E-state index contributed by atoms with van der Waals surface area (Å²) in [6.45, 7) is 0. The second-order valence-corrected chi connectivity index (χ2v) is 8.18. The lowest BCUT2D eigenvalue weighted by Crippen LogP contribution is -2.14. The van der Waals surface area contributed by atoms with Crippen LogP contribution < -0.4 is 10.1 Å². The standard InChI is InChI=1S/C24H21N5O4S/c1-33-21-13-11-19(12-14-21)28-22(15-17-5-3-2-4-6-17)26-27-24(28)34-16-23(30)25-18-7-9-20(10-8-18)29(31)32/h2-14H,15-16H2,1H3,(H,25,30). The first-order valence-corrected chi connectivity index (χ1v) is 11.3. The molecule has 1 aromatic heterocycles. The number of carbonyl (C=O) groups excluding carboxylic acids is 1. The second-order valence-electron chi connectivity index (χ2n) is 7.24. The highest BCUT2D eigenvalue weighted by atomic mass is 32.2. The predicted molar refractivity (Wildman–Crippen MR) is 130 cm³/mol. The van der Waals surface area contributed by atoms with Gasteiger partial charge in [0, 0.05) is 29.9 Å². The van der Waals surface area contributed by atoms with Gasteiger partial charge in [-0.3, -0.25) is 19.5 Å². The van der Waals surface area contributed by atoms with Crippen molar-refractivity contribution in [1.29, 1.82) is 0 Å². The lowest BCUT2D eigenvalue weighted by atomic mass is 10.1. The van der Waals surface area contributed by atoms with Gasteiger partial charge in [-0.25, -0.2) is 0 Å². The number of nitro groups is 1. The van der Waals surface area contributed by atoms with Gasteiger partial charge in [0.25, 0.3) is 5.69 Å². The molecule has 0 saturated carbocycles. The normalized spacial score (nSPS) is 10.6. The summed E-state index contributed by atoms with van der Waals surface area (Å²) in [7, 11) is 1.61. The summed E-state index contributed by atoms with van der Waals surface area (Å²) >= 11 is 1.26. The number of amides is 1. The molecule has 1 N–H and O–H groups in total. The molecule has 0 aliphatic heterocycles. The van der Waals surface area contributed by atoms with E-state index in [2.05, 4.69) is 15.5 Å². The number of benzene rings is 3. The van der Waals surface area contributed by atoms with Crippen LogP contribution in [0.1, 0.15) is 11.4 Å². The van der Waals surface area contributed by atoms with Gasteiger partial charge in [0.05, 0.1) is 17.8 Å². The number of carbonyl (C=O) groups is 1. The molecule has 4 aromatic rings. The third kappa shape index (κ3) is 5.59. The topological polar surface area (TPSA) is 112 Å². The summed E-state index contributed by atoms with van der Waals surface area (Å²) in [6, 6.07) is 23.2. The maximum atomic E-state index is 12.5. The number of thioether (sulfide) groups is 1. The fourth-order valence-electron chi connectivity index (χ4n) is 3.27. The fraction of sp³-hybridized carbons (Fsp3) is 0.125. The molecule has 1 amide bonds. The van der Waals surface area contributed by atoms with Crippen LogP contribution in [-0.4, -0.2) is 38.5 Å². The lowest BCUT2D eigenvalue weighted by molar-refractivity contribution is -0.384. The van der Waals surface area contributed by atoms with Crippen LogP contribution in [0.15, 0.2) is 84.0 Å². The Morgan fingerprint density at radius 1 is 1.03 bits per heavy atom. The Labute approximate surface area is 199 Å². The van der Waals surface area contributed by atoms with E-state index in [0.29, 0.717) is 17.3 Å². The molecule has 1 heterocycles. The van der Waals surface area contributed by atoms with Crippen molar-refractivity contribution in [3.63, 3.8) is 0 Å². The molecule has 0 bridgehead atoms. The number of nitrogens with one attached hydrogen (secondary N) is 1. The van der Waals surface area contributed by atoms with Crippen LogP contribution in [0.3, 0.4) is 0 Å². The largest absolute Gasteiger partial charge is 0.497 e. The van der Waals surface area contributed by atoms with Gasteiger partial charge in [-0.1, -0.05) is 42.1 Å². The SMILES string of the molecule is COc1ccc(-n2c(Cc3ccccc3)nnc2SCC(=O)Nc2ccc([N+](=O)[O-])cc2)cc1. The van der Waals surface area contributed by atoms with Crippen LogP contribution in [0.4, 0.5) is 11.4 Å². The van der Waals surface area contributed by atoms with Gasteiger partial charge in [0.15, 0.2) is 5.16 Å². The molecule has 0 unspecified atom stereocenters. The zero-order valence-electron chi connectivity index (χ0n) is 18.2. The van der Waals surface area contributed by atoms with E-state index in [1.165, 1.54) is 36.0 Å². The van der Waals surface area contributed by atoms with Gasteiger partial charge in [-0.05, 0) is 42.0 Å². The Morgan fingerprint density at radius 2 is 1.74 bits per heavy atom. The fourth-order valence-corrected chi connectivity index (χ4v) is 4.04. The quantitative estimate of drug-likeness (QED) is 0.215. The minimum atomic E-state index is -0.486.